The monoisotopic (exact) mass is 316 g/mol. The smallest absolute Gasteiger partial charge is 0.292 e. The van der Waals surface area contributed by atoms with Crippen molar-refractivity contribution in [2.75, 3.05) is 14.2 Å². The molecule has 0 unspecified atom stereocenters. The molecule has 124 valence electrons. The third kappa shape index (κ3) is 4.12. The average Bonchev–Trinajstić information content (AvgIpc) is 3.05. The van der Waals surface area contributed by atoms with Gasteiger partial charge in [0, 0.05) is 25.6 Å². The highest BCUT2D eigenvalue weighted by molar-refractivity contribution is 5.91. The topological polar surface area (TPSA) is 55.6 Å². The molecule has 0 saturated heterocycles. The molecule has 5 nitrogen and oxygen atoms in total. The Bertz CT molecular complexity index is 647. The molecule has 0 aliphatic rings. The highest BCUT2D eigenvalue weighted by Crippen LogP contribution is 2.23. The number of hydrogen-bond donors (Lipinski definition) is 0. The number of hydrogen-bond acceptors (Lipinski definition) is 4. The fraction of sp³-hybridized carbons (Fsp3) is 0.444. The van der Waals surface area contributed by atoms with Crippen LogP contribution in [0.1, 0.15) is 54.4 Å². The first kappa shape index (κ1) is 17.1. The van der Waals surface area contributed by atoms with Crippen LogP contribution in [0.3, 0.4) is 0 Å². The number of benzene rings is 1. The Hall–Kier alpha value is -2.30. The van der Waals surface area contributed by atoms with E-state index in [-0.39, 0.29) is 11.7 Å². The highest BCUT2D eigenvalue weighted by Gasteiger charge is 2.20. The van der Waals surface area contributed by atoms with E-state index in [2.05, 4.69) is 19.0 Å². The first-order valence-electron chi connectivity index (χ1n) is 7.94. The Morgan fingerprint density at radius 2 is 2.04 bits per heavy atom. The van der Waals surface area contributed by atoms with E-state index in [4.69, 9.17) is 9.26 Å². The normalized spacial score (nSPS) is 10.8. The summed E-state index contributed by atoms with van der Waals surface area (Å²) in [7, 11) is 3.38. The maximum absolute atomic E-state index is 12.5. The summed E-state index contributed by atoms with van der Waals surface area (Å²) in [4.78, 5) is 14.1. The summed E-state index contributed by atoms with van der Waals surface area (Å²) >= 11 is 0. The van der Waals surface area contributed by atoms with Crippen LogP contribution in [0, 0.1) is 0 Å². The molecule has 0 aliphatic carbocycles. The van der Waals surface area contributed by atoms with Gasteiger partial charge in [0.1, 0.15) is 5.75 Å². The van der Waals surface area contributed by atoms with Crippen LogP contribution < -0.4 is 4.74 Å². The van der Waals surface area contributed by atoms with Gasteiger partial charge in [-0.05, 0) is 30.5 Å². The van der Waals surface area contributed by atoms with E-state index < -0.39 is 0 Å². The van der Waals surface area contributed by atoms with Crippen molar-refractivity contribution in [1.29, 1.82) is 0 Å². The molecule has 0 bridgehead atoms. The van der Waals surface area contributed by atoms with Crippen molar-refractivity contribution >= 4 is 5.91 Å². The Morgan fingerprint density at radius 3 is 2.70 bits per heavy atom. The lowest BCUT2D eigenvalue weighted by molar-refractivity contribution is 0.0743. The number of ether oxygens (including phenoxy) is 1. The lowest BCUT2D eigenvalue weighted by Gasteiger charge is -2.15. The molecule has 5 heteroatoms. The molecular formula is C18H24N2O3. The second-order valence-electron chi connectivity index (χ2n) is 5.64. The quantitative estimate of drug-likeness (QED) is 0.778. The van der Waals surface area contributed by atoms with Crippen molar-refractivity contribution in [2.45, 2.75) is 39.2 Å². The number of nitrogens with zero attached hydrogens (tertiary/aromatic N) is 2. The van der Waals surface area contributed by atoms with Gasteiger partial charge in [0.2, 0.25) is 5.76 Å². The molecule has 1 aromatic carbocycles. The van der Waals surface area contributed by atoms with Gasteiger partial charge in [-0.3, -0.25) is 4.79 Å². The standard InChI is InChI=1S/C18H24N2O3/c1-5-14(6-2)16-11-17(23-19-16)18(21)20(3)12-13-8-7-9-15(10-13)22-4/h7-11,14H,5-6,12H2,1-4H3. The molecule has 2 aromatic rings. The molecule has 0 aliphatic heterocycles. The molecule has 0 saturated carbocycles. The summed E-state index contributed by atoms with van der Waals surface area (Å²) in [5.74, 6) is 1.23. The summed E-state index contributed by atoms with van der Waals surface area (Å²) < 4.78 is 10.5. The van der Waals surface area contributed by atoms with Crippen LogP contribution >= 0.6 is 0 Å². The van der Waals surface area contributed by atoms with Crippen LogP contribution in [0.5, 0.6) is 5.75 Å². The van der Waals surface area contributed by atoms with Crippen LogP contribution in [0.2, 0.25) is 0 Å². The number of aromatic nitrogens is 1. The maximum atomic E-state index is 12.5. The Morgan fingerprint density at radius 1 is 1.30 bits per heavy atom. The molecule has 1 aromatic heterocycles. The number of carbonyl (C=O) groups is 1. The van der Waals surface area contributed by atoms with Crippen molar-refractivity contribution in [3.63, 3.8) is 0 Å². The summed E-state index contributed by atoms with van der Waals surface area (Å²) in [5.41, 5.74) is 1.85. The zero-order valence-corrected chi connectivity index (χ0v) is 14.2. The Balaban J connectivity index is 2.07. The molecule has 23 heavy (non-hydrogen) atoms. The number of rotatable bonds is 7. The van der Waals surface area contributed by atoms with Crippen LogP contribution in [-0.2, 0) is 6.54 Å². The van der Waals surface area contributed by atoms with Crippen LogP contribution in [0.15, 0.2) is 34.9 Å². The van der Waals surface area contributed by atoms with Crippen molar-refractivity contribution in [3.05, 3.63) is 47.3 Å². The van der Waals surface area contributed by atoms with E-state index in [1.165, 1.54) is 0 Å². The Kier molecular flexibility index (Phi) is 5.79. The van der Waals surface area contributed by atoms with E-state index in [9.17, 15) is 4.79 Å². The molecule has 0 spiro atoms. The molecule has 0 fully saturated rings. The van der Waals surface area contributed by atoms with Gasteiger partial charge in [0.05, 0.1) is 12.8 Å². The third-order valence-corrected chi connectivity index (χ3v) is 4.04. The predicted molar refractivity (Wildman–Crippen MR) is 88.6 cm³/mol. The lowest BCUT2D eigenvalue weighted by atomic mass is 9.99. The zero-order valence-electron chi connectivity index (χ0n) is 14.2. The fourth-order valence-electron chi connectivity index (χ4n) is 2.59. The highest BCUT2D eigenvalue weighted by atomic mass is 16.5. The summed E-state index contributed by atoms with van der Waals surface area (Å²) in [6, 6.07) is 9.43. The van der Waals surface area contributed by atoms with Gasteiger partial charge in [-0.2, -0.15) is 0 Å². The van der Waals surface area contributed by atoms with Gasteiger partial charge >= 0.3 is 0 Å². The Labute approximate surface area is 137 Å². The molecule has 0 atom stereocenters. The maximum Gasteiger partial charge on any atom is 0.292 e. The molecular weight excluding hydrogens is 292 g/mol. The van der Waals surface area contributed by atoms with E-state index in [0.29, 0.717) is 12.5 Å². The third-order valence-electron chi connectivity index (χ3n) is 4.04. The van der Waals surface area contributed by atoms with Crippen LogP contribution in [0.4, 0.5) is 0 Å². The first-order valence-corrected chi connectivity index (χ1v) is 7.94. The fourth-order valence-corrected chi connectivity index (χ4v) is 2.59. The predicted octanol–water partition coefficient (Wildman–Crippen LogP) is 3.86. The van der Waals surface area contributed by atoms with Crippen LogP contribution in [0.25, 0.3) is 0 Å². The summed E-state index contributed by atoms with van der Waals surface area (Å²) in [5, 5.41) is 4.05. The van der Waals surface area contributed by atoms with Crippen molar-refractivity contribution < 1.29 is 14.1 Å². The van der Waals surface area contributed by atoms with E-state index in [0.717, 1.165) is 29.8 Å². The molecule has 1 heterocycles. The number of methoxy groups -OCH3 is 1. The minimum absolute atomic E-state index is 0.169. The average molecular weight is 316 g/mol. The van der Waals surface area contributed by atoms with Gasteiger partial charge < -0.3 is 14.2 Å². The van der Waals surface area contributed by atoms with Gasteiger partial charge in [0.25, 0.3) is 5.91 Å². The van der Waals surface area contributed by atoms with Gasteiger partial charge in [-0.15, -0.1) is 0 Å². The van der Waals surface area contributed by atoms with E-state index in [1.807, 2.05) is 24.3 Å². The van der Waals surface area contributed by atoms with E-state index in [1.54, 1.807) is 25.1 Å². The minimum Gasteiger partial charge on any atom is -0.497 e. The number of amides is 1. The molecule has 0 radical (unpaired) electrons. The minimum atomic E-state index is -0.169. The van der Waals surface area contributed by atoms with Crippen LogP contribution in [-0.4, -0.2) is 30.1 Å². The van der Waals surface area contributed by atoms with Gasteiger partial charge in [0.15, 0.2) is 0 Å². The van der Waals surface area contributed by atoms with Crippen molar-refractivity contribution in [2.24, 2.45) is 0 Å². The number of carbonyl (C=O) groups excluding carboxylic acids is 1. The zero-order chi connectivity index (χ0) is 16.8. The van der Waals surface area contributed by atoms with Gasteiger partial charge in [-0.1, -0.05) is 31.1 Å². The largest absolute Gasteiger partial charge is 0.497 e. The molecule has 2 rings (SSSR count). The van der Waals surface area contributed by atoms with Gasteiger partial charge in [-0.25, -0.2) is 0 Å². The summed E-state index contributed by atoms with van der Waals surface area (Å²) in [6.45, 7) is 4.70. The summed E-state index contributed by atoms with van der Waals surface area (Å²) in [6.07, 6.45) is 1.96. The molecule has 0 N–H and O–H groups in total. The molecule has 1 amide bonds. The van der Waals surface area contributed by atoms with Crippen molar-refractivity contribution in [3.8, 4) is 5.75 Å². The van der Waals surface area contributed by atoms with E-state index >= 15 is 0 Å². The second-order valence-corrected chi connectivity index (χ2v) is 5.64. The lowest BCUT2D eigenvalue weighted by Crippen LogP contribution is -2.25. The first-order chi connectivity index (χ1) is 11.1. The SMILES string of the molecule is CCC(CC)c1cc(C(=O)N(C)Cc2cccc(OC)c2)on1. The van der Waals surface area contributed by atoms with Crippen molar-refractivity contribution in [1.82, 2.24) is 10.1 Å². The second kappa shape index (κ2) is 7.81.